The topological polar surface area (TPSA) is 97.1 Å². The van der Waals surface area contributed by atoms with E-state index in [1.54, 1.807) is 25.1 Å². The first-order valence-electron chi connectivity index (χ1n) is 7.84. The van der Waals surface area contributed by atoms with E-state index in [0.29, 0.717) is 22.8 Å². The molecule has 27 heavy (non-hydrogen) atoms. The standard InChI is InChI=1S/C19H19NO7/c1-12-5-7-14(20(22)23)15(9-12)27-18(21)8-6-13-10-16(24-2)19(26-4)17(11-13)25-3/h5-11H,1-4H3/b8-6+. The normalized spacial score (nSPS) is 10.5. The molecule has 0 fully saturated rings. The van der Waals surface area contributed by atoms with Gasteiger partial charge in [0.1, 0.15) is 0 Å². The molecular formula is C19H19NO7. The number of ether oxygens (including phenoxy) is 4. The monoisotopic (exact) mass is 373 g/mol. The van der Waals surface area contributed by atoms with Crippen LogP contribution in [-0.2, 0) is 4.79 Å². The zero-order valence-electron chi connectivity index (χ0n) is 15.3. The lowest BCUT2D eigenvalue weighted by Crippen LogP contribution is -2.06. The minimum Gasteiger partial charge on any atom is -0.493 e. The van der Waals surface area contributed by atoms with Gasteiger partial charge in [-0.2, -0.15) is 0 Å². The molecule has 8 nitrogen and oxygen atoms in total. The number of carbonyl (C=O) groups excluding carboxylic acids is 1. The summed E-state index contributed by atoms with van der Waals surface area (Å²) in [6, 6.07) is 7.60. The maximum atomic E-state index is 12.1. The number of nitro groups is 1. The lowest BCUT2D eigenvalue weighted by Gasteiger charge is -2.12. The van der Waals surface area contributed by atoms with Crippen LogP contribution in [-0.4, -0.2) is 32.2 Å². The quantitative estimate of drug-likeness (QED) is 0.241. The number of hydrogen-bond donors (Lipinski definition) is 0. The lowest BCUT2D eigenvalue weighted by atomic mass is 10.1. The minimum absolute atomic E-state index is 0.112. The zero-order valence-corrected chi connectivity index (χ0v) is 15.3. The smallest absolute Gasteiger partial charge is 0.336 e. The number of hydrogen-bond acceptors (Lipinski definition) is 7. The molecule has 0 saturated heterocycles. The Hall–Kier alpha value is -3.55. The van der Waals surface area contributed by atoms with E-state index in [1.165, 1.54) is 39.5 Å². The first-order valence-corrected chi connectivity index (χ1v) is 7.84. The van der Waals surface area contributed by atoms with E-state index >= 15 is 0 Å². The Morgan fingerprint density at radius 2 is 1.63 bits per heavy atom. The van der Waals surface area contributed by atoms with Gasteiger partial charge in [0.25, 0.3) is 0 Å². The van der Waals surface area contributed by atoms with Gasteiger partial charge in [-0.25, -0.2) is 4.79 Å². The van der Waals surface area contributed by atoms with E-state index in [4.69, 9.17) is 18.9 Å². The van der Waals surface area contributed by atoms with Crippen LogP contribution in [0.15, 0.2) is 36.4 Å². The molecule has 0 aliphatic rings. The van der Waals surface area contributed by atoms with Crippen LogP contribution in [0.25, 0.3) is 6.08 Å². The summed E-state index contributed by atoms with van der Waals surface area (Å²) < 4.78 is 20.8. The molecule has 0 amide bonds. The third kappa shape index (κ3) is 4.75. The predicted molar refractivity (Wildman–Crippen MR) is 98.6 cm³/mol. The van der Waals surface area contributed by atoms with E-state index in [1.807, 2.05) is 0 Å². The average molecular weight is 373 g/mol. The van der Waals surface area contributed by atoms with Crippen LogP contribution in [0.5, 0.6) is 23.0 Å². The van der Waals surface area contributed by atoms with Crippen molar-refractivity contribution in [3.05, 3.63) is 57.6 Å². The number of aryl methyl sites for hydroxylation is 1. The highest BCUT2D eigenvalue weighted by Crippen LogP contribution is 2.38. The molecule has 0 unspecified atom stereocenters. The van der Waals surface area contributed by atoms with Crippen molar-refractivity contribution in [2.75, 3.05) is 21.3 Å². The SMILES string of the molecule is COc1cc(/C=C/C(=O)Oc2cc(C)ccc2[N+](=O)[O-])cc(OC)c1OC. The molecule has 2 aromatic carbocycles. The maximum Gasteiger partial charge on any atom is 0.336 e. The summed E-state index contributed by atoms with van der Waals surface area (Å²) in [4.78, 5) is 22.5. The van der Waals surface area contributed by atoms with E-state index in [2.05, 4.69) is 0 Å². The first kappa shape index (κ1) is 19.8. The molecule has 142 valence electrons. The van der Waals surface area contributed by atoms with Gasteiger partial charge in [0, 0.05) is 12.1 Å². The Labute approximate surface area is 156 Å². The molecule has 0 aliphatic heterocycles. The lowest BCUT2D eigenvalue weighted by molar-refractivity contribution is -0.385. The molecule has 0 aliphatic carbocycles. The van der Waals surface area contributed by atoms with Gasteiger partial charge in [-0.15, -0.1) is 0 Å². The fourth-order valence-corrected chi connectivity index (χ4v) is 2.36. The summed E-state index contributed by atoms with van der Waals surface area (Å²) in [5, 5.41) is 11.1. The predicted octanol–water partition coefficient (Wildman–Crippen LogP) is 3.55. The van der Waals surface area contributed by atoms with Crippen molar-refractivity contribution in [2.24, 2.45) is 0 Å². The van der Waals surface area contributed by atoms with Gasteiger partial charge >= 0.3 is 11.7 Å². The minimum atomic E-state index is -0.752. The molecule has 0 atom stereocenters. The van der Waals surface area contributed by atoms with Crippen molar-refractivity contribution in [1.29, 1.82) is 0 Å². The molecule has 2 aromatic rings. The number of rotatable bonds is 7. The number of esters is 1. The summed E-state index contributed by atoms with van der Waals surface area (Å²) in [6.07, 6.45) is 2.64. The maximum absolute atomic E-state index is 12.1. The number of carbonyl (C=O) groups is 1. The Bertz CT molecular complexity index is 865. The molecule has 0 aromatic heterocycles. The molecular weight excluding hydrogens is 354 g/mol. The van der Waals surface area contributed by atoms with Crippen LogP contribution in [0.3, 0.4) is 0 Å². The van der Waals surface area contributed by atoms with E-state index < -0.39 is 10.9 Å². The summed E-state index contributed by atoms with van der Waals surface area (Å²) in [6.45, 7) is 1.74. The van der Waals surface area contributed by atoms with E-state index in [0.717, 1.165) is 11.6 Å². The molecule has 0 bridgehead atoms. The summed E-state index contributed by atoms with van der Waals surface area (Å²) in [5.41, 5.74) is 1.05. The fraction of sp³-hybridized carbons (Fsp3) is 0.211. The molecule has 2 rings (SSSR count). The van der Waals surface area contributed by atoms with Gasteiger partial charge < -0.3 is 18.9 Å². The van der Waals surface area contributed by atoms with Gasteiger partial charge in [0.2, 0.25) is 11.5 Å². The van der Waals surface area contributed by atoms with E-state index in [-0.39, 0.29) is 11.4 Å². The number of nitro benzene ring substituents is 1. The Balaban J connectivity index is 2.25. The molecule has 8 heteroatoms. The van der Waals surface area contributed by atoms with Gasteiger partial charge in [-0.3, -0.25) is 10.1 Å². The van der Waals surface area contributed by atoms with Gasteiger partial charge in [0.15, 0.2) is 11.5 Å². The Morgan fingerprint density at radius 3 is 2.15 bits per heavy atom. The largest absolute Gasteiger partial charge is 0.493 e. The summed E-state index contributed by atoms with van der Waals surface area (Å²) >= 11 is 0. The highest BCUT2D eigenvalue weighted by atomic mass is 16.6. The molecule has 0 N–H and O–H groups in total. The summed E-state index contributed by atoms with van der Waals surface area (Å²) in [7, 11) is 4.45. The van der Waals surface area contributed by atoms with Crippen LogP contribution < -0.4 is 18.9 Å². The second-order valence-corrected chi connectivity index (χ2v) is 5.44. The van der Waals surface area contributed by atoms with Crippen LogP contribution in [0, 0.1) is 17.0 Å². The van der Waals surface area contributed by atoms with Crippen molar-refractivity contribution < 1.29 is 28.7 Å². The number of nitrogens with zero attached hydrogens (tertiary/aromatic N) is 1. The molecule has 0 radical (unpaired) electrons. The number of benzene rings is 2. The third-order valence-electron chi connectivity index (χ3n) is 3.62. The second kappa shape index (κ2) is 8.70. The first-order chi connectivity index (χ1) is 12.9. The molecule has 0 saturated carbocycles. The average Bonchev–Trinajstić information content (AvgIpc) is 2.65. The van der Waals surface area contributed by atoms with Crippen molar-refractivity contribution in [3.8, 4) is 23.0 Å². The van der Waals surface area contributed by atoms with Gasteiger partial charge in [-0.1, -0.05) is 6.07 Å². The van der Waals surface area contributed by atoms with Crippen LogP contribution >= 0.6 is 0 Å². The zero-order chi connectivity index (χ0) is 20.0. The summed E-state index contributed by atoms with van der Waals surface area (Å²) in [5.74, 6) is 0.422. The third-order valence-corrected chi connectivity index (χ3v) is 3.62. The van der Waals surface area contributed by atoms with Gasteiger partial charge in [0.05, 0.1) is 26.3 Å². The Morgan fingerprint density at radius 1 is 1.00 bits per heavy atom. The van der Waals surface area contributed by atoms with E-state index in [9.17, 15) is 14.9 Å². The fourth-order valence-electron chi connectivity index (χ4n) is 2.36. The van der Waals surface area contributed by atoms with Crippen molar-refractivity contribution in [3.63, 3.8) is 0 Å². The van der Waals surface area contributed by atoms with Gasteiger partial charge in [-0.05, 0) is 42.3 Å². The van der Waals surface area contributed by atoms with Crippen LogP contribution in [0.4, 0.5) is 5.69 Å². The highest BCUT2D eigenvalue weighted by Gasteiger charge is 2.17. The number of methoxy groups -OCH3 is 3. The second-order valence-electron chi connectivity index (χ2n) is 5.44. The highest BCUT2D eigenvalue weighted by molar-refractivity contribution is 5.89. The Kier molecular flexibility index (Phi) is 6.37. The molecule has 0 heterocycles. The van der Waals surface area contributed by atoms with Crippen molar-refractivity contribution in [1.82, 2.24) is 0 Å². The molecule has 0 spiro atoms. The van der Waals surface area contributed by atoms with Crippen LogP contribution in [0.2, 0.25) is 0 Å². The van der Waals surface area contributed by atoms with Crippen LogP contribution in [0.1, 0.15) is 11.1 Å². The van der Waals surface area contributed by atoms with Crippen molar-refractivity contribution >= 4 is 17.7 Å². The van der Waals surface area contributed by atoms with Crippen molar-refractivity contribution in [2.45, 2.75) is 6.92 Å².